The number of hydrogen-bond donors (Lipinski definition) is 0. The van der Waals surface area contributed by atoms with Gasteiger partial charge in [-0.15, -0.1) is 4.91 Å². The predicted molar refractivity (Wildman–Crippen MR) is 81.9 cm³/mol. The predicted octanol–water partition coefficient (Wildman–Crippen LogP) is 3.88. The first-order chi connectivity index (χ1) is 10.2. The second-order valence-electron chi connectivity index (χ2n) is 4.19. The number of rotatable bonds is 5. The summed E-state index contributed by atoms with van der Waals surface area (Å²) in [6, 6.07) is 13.2. The van der Waals surface area contributed by atoms with Crippen molar-refractivity contribution in [2.24, 2.45) is 5.18 Å². The van der Waals surface area contributed by atoms with Gasteiger partial charge in [0.05, 0.1) is 7.11 Å². The standard InChI is InChI=1S/C16H14N2O3/c1-3-18(14-8-10-15(21-2)11-9-14)16(19)12-4-6-13(17-20)7-5-12/h3-11H,1H2,2H3. The van der Waals surface area contributed by atoms with Gasteiger partial charge in [-0.25, -0.2) is 0 Å². The Kier molecular flexibility index (Phi) is 4.46. The van der Waals surface area contributed by atoms with Crippen molar-refractivity contribution in [3.05, 3.63) is 71.8 Å². The van der Waals surface area contributed by atoms with Crippen molar-refractivity contribution in [1.82, 2.24) is 0 Å². The molecule has 0 radical (unpaired) electrons. The van der Waals surface area contributed by atoms with Crippen molar-refractivity contribution in [3.63, 3.8) is 0 Å². The molecule has 0 heterocycles. The summed E-state index contributed by atoms with van der Waals surface area (Å²) in [4.78, 5) is 24.3. The fourth-order valence-electron chi connectivity index (χ4n) is 1.85. The van der Waals surface area contributed by atoms with Crippen LogP contribution in [0.25, 0.3) is 0 Å². The van der Waals surface area contributed by atoms with Crippen molar-refractivity contribution < 1.29 is 9.53 Å². The first-order valence-corrected chi connectivity index (χ1v) is 6.23. The molecule has 1 amide bonds. The molecule has 5 heteroatoms. The molecule has 2 aromatic rings. The normalized spacial score (nSPS) is 9.76. The molecule has 0 atom stereocenters. The minimum absolute atomic E-state index is 0.243. The van der Waals surface area contributed by atoms with Crippen LogP contribution in [0.2, 0.25) is 0 Å². The maximum Gasteiger partial charge on any atom is 0.262 e. The Labute approximate surface area is 122 Å². The van der Waals surface area contributed by atoms with Gasteiger partial charge in [-0.05, 0) is 53.7 Å². The summed E-state index contributed by atoms with van der Waals surface area (Å²) < 4.78 is 5.08. The molecule has 0 aliphatic heterocycles. The van der Waals surface area contributed by atoms with Crippen molar-refractivity contribution in [3.8, 4) is 5.75 Å². The van der Waals surface area contributed by atoms with Crippen LogP contribution < -0.4 is 9.64 Å². The van der Waals surface area contributed by atoms with Gasteiger partial charge in [0.15, 0.2) is 0 Å². The van der Waals surface area contributed by atoms with Gasteiger partial charge in [0.1, 0.15) is 11.4 Å². The summed E-state index contributed by atoms with van der Waals surface area (Å²) in [5.74, 6) is 0.462. The summed E-state index contributed by atoms with van der Waals surface area (Å²) in [7, 11) is 1.58. The van der Waals surface area contributed by atoms with Gasteiger partial charge in [0, 0.05) is 17.5 Å². The van der Waals surface area contributed by atoms with E-state index >= 15 is 0 Å². The average molecular weight is 282 g/mol. The topological polar surface area (TPSA) is 59.0 Å². The molecular formula is C16H14N2O3. The van der Waals surface area contributed by atoms with Gasteiger partial charge in [-0.2, -0.15) is 0 Å². The van der Waals surface area contributed by atoms with Gasteiger partial charge in [0.2, 0.25) is 0 Å². The number of methoxy groups -OCH3 is 1. The minimum Gasteiger partial charge on any atom is -0.497 e. The van der Waals surface area contributed by atoms with E-state index in [1.165, 1.54) is 23.2 Å². The maximum atomic E-state index is 12.4. The Morgan fingerprint density at radius 1 is 1.14 bits per heavy atom. The van der Waals surface area contributed by atoms with E-state index in [9.17, 15) is 9.70 Å². The van der Waals surface area contributed by atoms with Crippen LogP contribution in [0.4, 0.5) is 11.4 Å². The molecule has 0 aromatic heterocycles. The first kappa shape index (κ1) is 14.5. The number of anilines is 1. The van der Waals surface area contributed by atoms with Crippen LogP contribution in [0.3, 0.4) is 0 Å². The van der Waals surface area contributed by atoms with E-state index < -0.39 is 0 Å². The van der Waals surface area contributed by atoms with E-state index in [4.69, 9.17) is 4.74 Å². The molecule has 21 heavy (non-hydrogen) atoms. The van der Waals surface area contributed by atoms with Gasteiger partial charge >= 0.3 is 0 Å². The number of carbonyl (C=O) groups is 1. The lowest BCUT2D eigenvalue weighted by atomic mass is 10.1. The number of nitrogens with zero attached hydrogens (tertiary/aromatic N) is 2. The number of amides is 1. The van der Waals surface area contributed by atoms with E-state index in [0.717, 1.165) is 0 Å². The second kappa shape index (κ2) is 6.47. The Morgan fingerprint density at radius 2 is 1.76 bits per heavy atom. The third kappa shape index (κ3) is 3.14. The van der Waals surface area contributed by atoms with Crippen molar-refractivity contribution in [2.45, 2.75) is 0 Å². The molecule has 0 aliphatic carbocycles. The molecule has 5 nitrogen and oxygen atoms in total. The average Bonchev–Trinajstić information content (AvgIpc) is 2.56. The first-order valence-electron chi connectivity index (χ1n) is 6.23. The van der Waals surface area contributed by atoms with Gasteiger partial charge in [-0.1, -0.05) is 6.58 Å². The van der Waals surface area contributed by atoms with Crippen LogP contribution in [-0.2, 0) is 0 Å². The third-order valence-corrected chi connectivity index (χ3v) is 2.97. The fourth-order valence-corrected chi connectivity index (χ4v) is 1.85. The molecule has 2 rings (SSSR count). The molecule has 2 aromatic carbocycles. The van der Waals surface area contributed by atoms with Crippen LogP contribution in [0.5, 0.6) is 5.75 Å². The van der Waals surface area contributed by atoms with E-state index in [1.54, 1.807) is 43.5 Å². The largest absolute Gasteiger partial charge is 0.497 e. The maximum absolute atomic E-state index is 12.4. The monoisotopic (exact) mass is 282 g/mol. The third-order valence-electron chi connectivity index (χ3n) is 2.97. The van der Waals surface area contributed by atoms with Crippen LogP contribution in [0.1, 0.15) is 10.4 Å². The molecule has 0 saturated carbocycles. The van der Waals surface area contributed by atoms with E-state index in [0.29, 0.717) is 17.0 Å². The molecule has 106 valence electrons. The van der Waals surface area contributed by atoms with Crippen LogP contribution in [-0.4, -0.2) is 13.0 Å². The Morgan fingerprint density at radius 3 is 2.24 bits per heavy atom. The summed E-state index contributed by atoms with van der Waals surface area (Å²) in [5.41, 5.74) is 1.40. The van der Waals surface area contributed by atoms with Crippen LogP contribution in [0, 0.1) is 4.91 Å². The molecule has 0 fully saturated rings. The molecule has 0 aliphatic rings. The minimum atomic E-state index is -0.243. The number of benzene rings is 2. The van der Waals surface area contributed by atoms with Gasteiger partial charge in [-0.3, -0.25) is 9.69 Å². The Bertz CT molecular complexity index is 648. The Balaban J connectivity index is 2.28. The summed E-state index contributed by atoms with van der Waals surface area (Å²) in [6.07, 6.45) is 1.44. The van der Waals surface area contributed by atoms with Crippen LogP contribution in [0.15, 0.2) is 66.5 Å². The lowest BCUT2D eigenvalue weighted by molar-refractivity contribution is 0.0998. The van der Waals surface area contributed by atoms with Gasteiger partial charge in [0.25, 0.3) is 5.91 Å². The lowest BCUT2D eigenvalue weighted by Gasteiger charge is -2.18. The molecule has 0 N–H and O–H groups in total. The second-order valence-corrected chi connectivity index (χ2v) is 4.19. The zero-order valence-electron chi connectivity index (χ0n) is 11.5. The molecule has 0 spiro atoms. The van der Waals surface area contributed by atoms with E-state index in [1.807, 2.05) is 0 Å². The highest BCUT2D eigenvalue weighted by Gasteiger charge is 2.15. The molecule has 0 saturated heterocycles. The Hall–Kier alpha value is -2.95. The van der Waals surface area contributed by atoms with Gasteiger partial charge < -0.3 is 4.74 Å². The number of carbonyl (C=O) groups excluding carboxylic acids is 1. The quantitative estimate of drug-likeness (QED) is 0.782. The zero-order valence-corrected chi connectivity index (χ0v) is 11.5. The summed E-state index contributed by atoms with van der Waals surface area (Å²) in [6.45, 7) is 3.67. The molecular weight excluding hydrogens is 268 g/mol. The highest BCUT2D eigenvalue weighted by Crippen LogP contribution is 2.22. The number of nitroso groups, excluding NO2 is 1. The van der Waals surface area contributed by atoms with E-state index in [-0.39, 0.29) is 11.6 Å². The highest BCUT2D eigenvalue weighted by molar-refractivity contribution is 6.07. The number of ether oxygens (including phenoxy) is 1. The fraction of sp³-hybridized carbons (Fsp3) is 0.0625. The summed E-state index contributed by atoms with van der Waals surface area (Å²) in [5, 5.41) is 2.80. The lowest BCUT2D eigenvalue weighted by Crippen LogP contribution is -2.24. The SMILES string of the molecule is C=CN(C(=O)c1ccc(N=O)cc1)c1ccc(OC)cc1. The van der Waals surface area contributed by atoms with Crippen molar-refractivity contribution >= 4 is 17.3 Å². The van der Waals surface area contributed by atoms with Crippen LogP contribution >= 0.6 is 0 Å². The van der Waals surface area contributed by atoms with E-state index in [2.05, 4.69) is 11.8 Å². The highest BCUT2D eigenvalue weighted by atomic mass is 16.5. The van der Waals surface area contributed by atoms with Crippen molar-refractivity contribution in [2.75, 3.05) is 12.0 Å². The molecule has 0 bridgehead atoms. The summed E-state index contributed by atoms with van der Waals surface area (Å²) >= 11 is 0. The zero-order chi connectivity index (χ0) is 15.2. The number of hydrogen-bond acceptors (Lipinski definition) is 4. The smallest absolute Gasteiger partial charge is 0.262 e. The molecule has 0 unspecified atom stereocenters. The van der Waals surface area contributed by atoms with Crippen molar-refractivity contribution in [1.29, 1.82) is 0 Å².